The summed E-state index contributed by atoms with van der Waals surface area (Å²) in [6.07, 6.45) is 2.65. The van der Waals surface area contributed by atoms with Gasteiger partial charge < -0.3 is 10.2 Å². The molecule has 0 aromatic heterocycles. The molecule has 2 heterocycles. The first-order valence-electron chi connectivity index (χ1n) is 8.39. The van der Waals surface area contributed by atoms with E-state index in [1.807, 2.05) is 0 Å². The van der Waals surface area contributed by atoms with Crippen LogP contribution in [-0.4, -0.2) is 50.7 Å². The molecule has 0 radical (unpaired) electrons. The Kier molecular flexibility index (Phi) is 4.51. The predicted octanol–water partition coefficient (Wildman–Crippen LogP) is 2.51. The topological polar surface area (TPSA) is 18.5 Å². The van der Waals surface area contributed by atoms with E-state index in [-0.39, 0.29) is 0 Å². The Bertz CT molecular complexity index is 457. The second-order valence-corrected chi connectivity index (χ2v) is 7.16. The minimum Gasteiger partial charge on any atom is -0.369 e. The van der Waals surface area contributed by atoms with Gasteiger partial charge in [0.1, 0.15) is 0 Å². The van der Waals surface area contributed by atoms with Crippen molar-refractivity contribution in [1.82, 2.24) is 10.2 Å². The smallest absolute Gasteiger partial charge is 0.0369 e. The van der Waals surface area contributed by atoms with Gasteiger partial charge in [-0.25, -0.2) is 0 Å². The van der Waals surface area contributed by atoms with E-state index in [2.05, 4.69) is 53.2 Å². The van der Waals surface area contributed by atoms with Crippen LogP contribution in [0.4, 0.5) is 5.69 Å². The van der Waals surface area contributed by atoms with Crippen LogP contribution >= 0.6 is 0 Å². The zero-order valence-electron chi connectivity index (χ0n) is 13.6. The van der Waals surface area contributed by atoms with Gasteiger partial charge in [0, 0.05) is 38.4 Å². The summed E-state index contributed by atoms with van der Waals surface area (Å²) in [5.74, 6) is 0. The number of hydrogen-bond donors (Lipinski definition) is 1. The molecule has 0 bridgehead atoms. The van der Waals surface area contributed by atoms with Crippen molar-refractivity contribution in [2.75, 3.05) is 50.7 Å². The van der Waals surface area contributed by atoms with Crippen LogP contribution in [0.25, 0.3) is 0 Å². The molecule has 1 N–H and O–H groups in total. The quantitative estimate of drug-likeness (QED) is 0.921. The number of hydrogen-bond acceptors (Lipinski definition) is 3. The van der Waals surface area contributed by atoms with Crippen LogP contribution in [0.15, 0.2) is 24.3 Å². The van der Waals surface area contributed by atoms with Crippen molar-refractivity contribution in [3.8, 4) is 0 Å². The lowest BCUT2D eigenvalue weighted by Gasteiger charge is -2.42. The van der Waals surface area contributed by atoms with Crippen molar-refractivity contribution in [2.45, 2.75) is 26.7 Å². The van der Waals surface area contributed by atoms with Crippen molar-refractivity contribution in [3.05, 3.63) is 29.8 Å². The fraction of sp³-hybridized carbons (Fsp3) is 0.667. The Morgan fingerprint density at radius 1 is 1.10 bits per heavy atom. The molecule has 2 aliphatic heterocycles. The lowest BCUT2D eigenvalue weighted by molar-refractivity contribution is 0.123. The lowest BCUT2D eigenvalue weighted by atomic mass is 9.80. The van der Waals surface area contributed by atoms with Crippen molar-refractivity contribution in [3.63, 3.8) is 0 Å². The van der Waals surface area contributed by atoms with Crippen LogP contribution in [0.3, 0.4) is 0 Å². The molecule has 2 saturated heterocycles. The minimum absolute atomic E-state index is 0.525. The molecule has 21 heavy (non-hydrogen) atoms. The summed E-state index contributed by atoms with van der Waals surface area (Å²) >= 11 is 0. The normalized spacial score (nSPS) is 23.2. The van der Waals surface area contributed by atoms with E-state index >= 15 is 0 Å². The molecule has 0 atom stereocenters. The number of benzene rings is 1. The summed E-state index contributed by atoms with van der Waals surface area (Å²) < 4.78 is 0. The Morgan fingerprint density at radius 3 is 2.48 bits per heavy atom. The molecule has 0 saturated carbocycles. The molecule has 1 aromatic rings. The van der Waals surface area contributed by atoms with E-state index < -0.39 is 0 Å². The molecule has 0 amide bonds. The molecule has 116 valence electrons. The van der Waals surface area contributed by atoms with E-state index in [4.69, 9.17) is 0 Å². The van der Waals surface area contributed by atoms with E-state index in [0.29, 0.717) is 5.41 Å². The summed E-state index contributed by atoms with van der Waals surface area (Å²) in [7, 11) is 0. The number of nitrogens with one attached hydrogen (secondary N) is 1. The summed E-state index contributed by atoms with van der Waals surface area (Å²) in [5.41, 5.74) is 3.27. The molecule has 3 nitrogen and oxygen atoms in total. The van der Waals surface area contributed by atoms with E-state index in [1.54, 1.807) is 0 Å². The van der Waals surface area contributed by atoms with Gasteiger partial charge in [0.25, 0.3) is 0 Å². The van der Waals surface area contributed by atoms with Crippen molar-refractivity contribution >= 4 is 5.69 Å². The summed E-state index contributed by atoms with van der Waals surface area (Å²) in [6.45, 7) is 13.1. The Balaban J connectivity index is 1.53. The van der Waals surface area contributed by atoms with Crippen LogP contribution in [0.5, 0.6) is 0 Å². The monoisotopic (exact) mass is 287 g/mol. The predicted molar refractivity (Wildman–Crippen MR) is 90.0 cm³/mol. The molecule has 0 aliphatic carbocycles. The number of rotatable bonds is 3. The molecular formula is C18H29N3. The maximum Gasteiger partial charge on any atom is 0.0369 e. The molecule has 0 unspecified atom stereocenters. The van der Waals surface area contributed by atoms with E-state index in [9.17, 15) is 0 Å². The average molecular weight is 287 g/mol. The fourth-order valence-electron chi connectivity index (χ4n) is 3.72. The summed E-state index contributed by atoms with van der Waals surface area (Å²) in [4.78, 5) is 5.21. The highest BCUT2D eigenvalue weighted by atomic mass is 15.3. The van der Waals surface area contributed by atoms with E-state index in [1.165, 1.54) is 56.8 Å². The minimum atomic E-state index is 0.525. The zero-order chi connectivity index (χ0) is 14.7. The number of piperazine rings is 1. The summed E-state index contributed by atoms with van der Waals surface area (Å²) in [6, 6.07) is 8.91. The maximum absolute atomic E-state index is 3.48. The first kappa shape index (κ1) is 14.9. The van der Waals surface area contributed by atoms with Crippen LogP contribution in [0, 0.1) is 12.3 Å². The molecule has 1 aromatic carbocycles. The molecule has 0 spiro atoms. The lowest BCUT2D eigenvalue weighted by Crippen LogP contribution is -2.51. The second-order valence-electron chi connectivity index (χ2n) is 7.16. The SMILES string of the molecule is Cc1cccc(N2CCN(CC3(C)CCNCC3)CC2)c1. The molecule has 3 rings (SSSR count). The van der Waals surface area contributed by atoms with Gasteiger partial charge in [0.05, 0.1) is 0 Å². The number of nitrogens with zero attached hydrogens (tertiary/aromatic N) is 2. The third kappa shape index (κ3) is 3.78. The van der Waals surface area contributed by atoms with Gasteiger partial charge >= 0.3 is 0 Å². The van der Waals surface area contributed by atoms with Crippen LogP contribution in [-0.2, 0) is 0 Å². The number of piperidine rings is 1. The highest BCUT2D eigenvalue weighted by molar-refractivity contribution is 5.48. The highest BCUT2D eigenvalue weighted by Crippen LogP contribution is 2.29. The third-order valence-electron chi connectivity index (χ3n) is 5.16. The van der Waals surface area contributed by atoms with Gasteiger partial charge in [0.2, 0.25) is 0 Å². The van der Waals surface area contributed by atoms with Gasteiger partial charge in [-0.2, -0.15) is 0 Å². The van der Waals surface area contributed by atoms with Crippen LogP contribution < -0.4 is 10.2 Å². The van der Waals surface area contributed by atoms with Gasteiger partial charge in [-0.1, -0.05) is 19.1 Å². The highest BCUT2D eigenvalue weighted by Gasteiger charge is 2.30. The molecular weight excluding hydrogens is 258 g/mol. The second kappa shape index (κ2) is 6.37. The van der Waals surface area contributed by atoms with Crippen molar-refractivity contribution in [2.24, 2.45) is 5.41 Å². The molecule has 2 fully saturated rings. The largest absolute Gasteiger partial charge is 0.369 e. The average Bonchev–Trinajstić information content (AvgIpc) is 2.48. The van der Waals surface area contributed by atoms with Gasteiger partial charge in [0.15, 0.2) is 0 Å². The molecule has 2 aliphatic rings. The van der Waals surface area contributed by atoms with Gasteiger partial charge in [-0.15, -0.1) is 0 Å². The maximum atomic E-state index is 3.48. The first-order chi connectivity index (χ1) is 10.1. The van der Waals surface area contributed by atoms with Crippen molar-refractivity contribution in [1.29, 1.82) is 0 Å². The Hall–Kier alpha value is -1.06. The Morgan fingerprint density at radius 2 is 1.81 bits per heavy atom. The van der Waals surface area contributed by atoms with Gasteiger partial charge in [-0.3, -0.25) is 4.90 Å². The Labute approximate surface area is 129 Å². The van der Waals surface area contributed by atoms with Gasteiger partial charge in [-0.05, 0) is 56.0 Å². The number of aryl methyl sites for hydroxylation is 1. The number of anilines is 1. The fourth-order valence-corrected chi connectivity index (χ4v) is 3.72. The zero-order valence-corrected chi connectivity index (χ0v) is 13.6. The summed E-state index contributed by atoms with van der Waals surface area (Å²) in [5, 5.41) is 3.48. The van der Waals surface area contributed by atoms with Crippen molar-refractivity contribution < 1.29 is 0 Å². The standard InChI is InChI=1S/C18H29N3/c1-16-4-3-5-17(14-16)21-12-10-20(11-13-21)15-18(2)6-8-19-9-7-18/h3-5,14,19H,6-13,15H2,1-2H3. The van der Waals surface area contributed by atoms with Crippen LogP contribution in [0.1, 0.15) is 25.3 Å². The van der Waals surface area contributed by atoms with E-state index in [0.717, 1.165) is 13.1 Å². The first-order valence-corrected chi connectivity index (χ1v) is 8.39. The molecule has 3 heteroatoms. The third-order valence-corrected chi connectivity index (χ3v) is 5.16. The van der Waals surface area contributed by atoms with Crippen LogP contribution in [0.2, 0.25) is 0 Å².